The quantitative estimate of drug-likeness (QED) is 0.418. The van der Waals surface area contributed by atoms with Crippen molar-refractivity contribution in [2.75, 3.05) is 10.7 Å². The molecule has 0 unspecified atom stereocenters. The molecule has 1 aliphatic rings. The lowest BCUT2D eigenvalue weighted by atomic mass is 10.0. The summed E-state index contributed by atoms with van der Waals surface area (Å²) in [5.74, 6) is 1.31. The summed E-state index contributed by atoms with van der Waals surface area (Å²) in [4.78, 5) is 13.4. The highest BCUT2D eigenvalue weighted by molar-refractivity contribution is 8.00. The van der Waals surface area contributed by atoms with Gasteiger partial charge in [0.2, 0.25) is 11.1 Å². The number of nitrogens with one attached hydrogen (secondary N) is 2. The largest absolute Gasteiger partial charge is 0.486 e. The molecule has 8 heteroatoms. The monoisotopic (exact) mass is 471 g/mol. The number of aryl methyl sites for hydroxylation is 2. The number of fused-ring (bicyclic) bond motifs is 1. The second-order valence-electron chi connectivity index (χ2n) is 8.26. The van der Waals surface area contributed by atoms with Crippen LogP contribution in [-0.2, 0) is 11.4 Å². The van der Waals surface area contributed by atoms with Crippen LogP contribution in [0, 0.1) is 13.8 Å². The Labute approximate surface area is 202 Å². The third-order valence-corrected chi connectivity index (χ3v) is 6.74. The van der Waals surface area contributed by atoms with E-state index in [1.807, 2.05) is 91.3 Å². The van der Waals surface area contributed by atoms with Crippen molar-refractivity contribution in [1.82, 2.24) is 14.9 Å². The Balaban J connectivity index is 1.41. The number of benzene rings is 3. The van der Waals surface area contributed by atoms with E-state index in [1.165, 1.54) is 11.8 Å². The van der Waals surface area contributed by atoms with E-state index in [0.29, 0.717) is 11.0 Å². The number of anilines is 1. The van der Waals surface area contributed by atoms with Gasteiger partial charge in [-0.2, -0.15) is 0 Å². The number of carbonyl (C=O) groups excluding carboxylic acids is 1. The van der Waals surface area contributed by atoms with Crippen molar-refractivity contribution in [3.8, 4) is 5.75 Å². The van der Waals surface area contributed by atoms with Gasteiger partial charge in [0.1, 0.15) is 17.6 Å². The number of thioether (sulfide) groups is 1. The summed E-state index contributed by atoms with van der Waals surface area (Å²) in [5, 5.41) is 11.9. The van der Waals surface area contributed by atoms with E-state index in [4.69, 9.17) is 4.74 Å². The van der Waals surface area contributed by atoms with Gasteiger partial charge in [-0.05, 0) is 54.8 Å². The molecule has 0 saturated heterocycles. The van der Waals surface area contributed by atoms with Crippen molar-refractivity contribution in [3.63, 3.8) is 0 Å². The molecule has 0 saturated carbocycles. The van der Waals surface area contributed by atoms with Gasteiger partial charge < -0.3 is 15.5 Å². The molecule has 1 amide bonds. The van der Waals surface area contributed by atoms with E-state index in [1.54, 1.807) is 0 Å². The minimum atomic E-state index is -0.442. The van der Waals surface area contributed by atoms with Crippen LogP contribution in [0.4, 0.5) is 5.69 Å². The number of para-hydroxylation sites is 1. The van der Waals surface area contributed by atoms with Crippen LogP contribution in [0.15, 0.2) is 84.0 Å². The molecule has 34 heavy (non-hydrogen) atoms. The predicted octanol–water partition coefficient (Wildman–Crippen LogP) is 4.87. The Kier molecular flexibility index (Phi) is 6.22. The number of nitrogens with zero attached hydrogens (tertiary/aromatic N) is 3. The van der Waals surface area contributed by atoms with Gasteiger partial charge in [0.15, 0.2) is 5.82 Å². The first kappa shape index (κ1) is 22.0. The Morgan fingerprint density at radius 2 is 1.68 bits per heavy atom. The van der Waals surface area contributed by atoms with Crippen molar-refractivity contribution in [3.05, 3.63) is 101 Å². The predicted molar refractivity (Wildman–Crippen MR) is 134 cm³/mol. The number of ether oxygens (including phenoxy) is 1. The lowest BCUT2D eigenvalue weighted by Gasteiger charge is -2.33. The maximum Gasteiger partial charge on any atom is 0.240 e. The SMILES string of the molecule is Cc1cc(C)cc(NC(=O)[C@@H]2Sc3nnc(COc4ccccc4)n3N[C@@H]2c2ccccc2)c1. The molecule has 4 aromatic rings. The van der Waals surface area contributed by atoms with Crippen LogP contribution < -0.4 is 15.5 Å². The third kappa shape index (κ3) is 4.77. The third-order valence-electron chi connectivity index (χ3n) is 5.52. The average molecular weight is 472 g/mol. The molecular weight excluding hydrogens is 446 g/mol. The molecular formula is C26H25N5O2S. The lowest BCUT2D eigenvalue weighted by Crippen LogP contribution is -2.41. The number of rotatable bonds is 6. The fourth-order valence-corrected chi connectivity index (χ4v) is 5.13. The Morgan fingerprint density at radius 1 is 1.00 bits per heavy atom. The van der Waals surface area contributed by atoms with Gasteiger partial charge in [-0.25, -0.2) is 4.68 Å². The van der Waals surface area contributed by atoms with Gasteiger partial charge in [-0.3, -0.25) is 4.79 Å². The first-order valence-electron chi connectivity index (χ1n) is 11.1. The van der Waals surface area contributed by atoms with Gasteiger partial charge >= 0.3 is 0 Å². The summed E-state index contributed by atoms with van der Waals surface area (Å²) >= 11 is 1.40. The molecule has 2 heterocycles. The van der Waals surface area contributed by atoms with E-state index in [0.717, 1.165) is 28.1 Å². The van der Waals surface area contributed by atoms with E-state index < -0.39 is 5.25 Å². The molecule has 0 aliphatic carbocycles. The second kappa shape index (κ2) is 9.61. The summed E-state index contributed by atoms with van der Waals surface area (Å²) in [5.41, 5.74) is 7.47. The van der Waals surface area contributed by atoms with Crippen molar-refractivity contribution in [2.45, 2.75) is 36.9 Å². The van der Waals surface area contributed by atoms with Gasteiger partial charge in [0.25, 0.3) is 0 Å². The van der Waals surface area contributed by atoms with Crippen molar-refractivity contribution in [1.29, 1.82) is 0 Å². The molecule has 5 rings (SSSR count). The molecule has 7 nitrogen and oxygen atoms in total. The first-order valence-corrected chi connectivity index (χ1v) is 11.9. The van der Waals surface area contributed by atoms with Gasteiger partial charge in [0, 0.05) is 5.69 Å². The second-order valence-corrected chi connectivity index (χ2v) is 9.37. The fourth-order valence-electron chi connectivity index (χ4n) is 4.03. The van der Waals surface area contributed by atoms with E-state index in [9.17, 15) is 4.79 Å². The summed E-state index contributed by atoms with van der Waals surface area (Å²) < 4.78 is 7.71. The van der Waals surface area contributed by atoms with Crippen molar-refractivity contribution < 1.29 is 9.53 Å². The first-order chi connectivity index (χ1) is 16.6. The Morgan fingerprint density at radius 3 is 2.38 bits per heavy atom. The number of amides is 1. The number of aromatic nitrogens is 3. The molecule has 0 spiro atoms. The highest BCUT2D eigenvalue weighted by atomic mass is 32.2. The minimum Gasteiger partial charge on any atom is -0.486 e. The van der Waals surface area contributed by atoms with Crippen LogP contribution >= 0.6 is 11.8 Å². The molecule has 2 N–H and O–H groups in total. The maximum absolute atomic E-state index is 13.4. The van der Waals surface area contributed by atoms with Crippen LogP contribution in [0.3, 0.4) is 0 Å². The van der Waals surface area contributed by atoms with Crippen LogP contribution in [0.25, 0.3) is 0 Å². The molecule has 172 valence electrons. The van der Waals surface area contributed by atoms with Crippen LogP contribution in [-0.4, -0.2) is 26.0 Å². The standard InChI is InChI=1S/C26H25N5O2S/c1-17-13-18(2)15-20(14-17)27-25(32)24-23(19-9-5-3-6-10-19)30-31-22(28-29-26(31)34-24)16-33-21-11-7-4-8-12-21/h3-15,23-24,30H,16H2,1-2H3,(H,27,32)/t23-,24-/m1/s1. The minimum absolute atomic E-state index is 0.0901. The summed E-state index contributed by atoms with van der Waals surface area (Å²) in [6.45, 7) is 4.30. The van der Waals surface area contributed by atoms with Crippen molar-refractivity contribution >= 4 is 23.4 Å². The van der Waals surface area contributed by atoms with Gasteiger partial charge in [0.05, 0.1) is 6.04 Å². The van der Waals surface area contributed by atoms with Gasteiger partial charge in [-0.1, -0.05) is 66.4 Å². The van der Waals surface area contributed by atoms with Crippen LogP contribution in [0.1, 0.15) is 28.6 Å². The molecule has 0 radical (unpaired) electrons. The number of hydrogen-bond donors (Lipinski definition) is 2. The zero-order chi connectivity index (χ0) is 23.5. The van der Waals surface area contributed by atoms with Crippen molar-refractivity contribution in [2.24, 2.45) is 0 Å². The smallest absolute Gasteiger partial charge is 0.240 e. The molecule has 3 aromatic carbocycles. The van der Waals surface area contributed by atoms with Gasteiger partial charge in [-0.15, -0.1) is 10.2 Å². The molecule has 2 atom stereocenters. The zero-order valence-electron chi connectivity index (χ0n) is 18.9. The highest BCUT2D eigenvalue weighted by Crippen LogP contribution is 2.37. The summed E-state index contributed by atoms with van der Waals surface area (Å²) in [6.07, 6.45) is 0. The maximum atomic E-state index is 13.4. The average Bonchev–Trinajstić information content (AvgIpc) is 3.24. The molecule has 0 fully saturated rings. The van der Waals surface area contributed by atoms with E-state index >= 15 is 0 Å². The summed E-state index contributed by atoms with van der Waals surface area (Å²) in [7, 11) is 0. The van der Waals surface area contributed by atoms with E-state index in [2.05, 4.69) is 27.0 Å². The number of hydrogen-bond acceptors (Lipinski definition) is 6. The number of carbonyl (C=O) groups is 1. The molecule has 1 aromatic heterocycles. The molecule has 0 bridgehead atoms. The van der Waals surface area contributed by atoms with E-state index in [-0.39, 0.29) is 18.6 Å². The normalized spacial score (nSPS) is 16.9. The zero-order valence-corrected chi connectivity index (χ0v) is 19.8. The Bertz CT molecular complexity index is 1270. The topological polar surface area (TPSA) is 81.1 Å². The van der Waals surface area contributed by atoms with Crippen LogP contribution in [0.5, 0.6) is 5.75 Å². The Hall–Kier alpha value is -3.78. The summed E-state index contributed by atoms with van der Waals surface area (Å²) in [6, 6.07) is 25.3. The molecule has 1 aliphatic heterocycles. The fraction of sp³-hybridized carbons (Fsp3) is 0.192. The highest BCUT2D eigenvalue weighted by Gasteiger charge is 2.38. The van der Waals surface area contributed by atoms with Crippen LogP contribution in [0.2, 0.25) is 0 Å². The lowest BCUT2D eigenvalue weighted by molar-refractivity contribution is -0.116.